The Morgan fingerprint density at radius 1 is 1.58 bits per heavy atom. The summed E-state index contributed by atoms with van der Waals surface area (Å²) in [5.41, 5.74) is 0.613. The van der Waals surface area contributed by atoms with Gasteiger partial charge in [-0.3, -0.25) is 9.97 Å². The van der Waals surface area contributed by atoms with Crippen LogP contribution >= 0.6 is 0 Å². The Kier molecular flexibility index (Phi) is 5.23. The van der Waals surface area contributed by atoms with Gasteiger partial charge in [-0.1, -0.05) is 0 Å². The lowest BCUT2D eigenvalue weighted by atomic mass is 10.2. The van der Waals surface area contributed by atoms with Gasteiger partial charge in [0, 0.05) is 19.0 Å². The highest BCUT2D eigenvalue weighted by Gasteiger charge is 2.20. The third-order valence-corrected chi connectivity index (χ3v) is 2.87. The van der Waals surface area contributed by atoms with E-state index >= 15 is 0 Å². The fraction of sp³-hybridized carbons (Fsp3) is 0.615. The molecule has 0 saturated carbocycles. The smallest absolute Gasteiger partial charge is 0.335 e. The Hall–Kier alpha value is -1.53. The lowest BCUT2D eigenvalue weighted by Gasteiger charge is -2.15. The molecule has 0 amide bonds. The molecular formula is C13H18N2O4. The van der Waals surface area contributed by atoms with Crippen LogP contribution in [-0.2, 0) is 25.6 Å². The van der Waals surface area contributed by atoms with E-state index in [9.17, 15) is 4.79 Å². The average Bonchev–Trinajstić information content (AvgIpc) is 2.96. The van der Waals surface area contributed by atoms with Crippen molar-refractivity contribution in [2.45, 2.75) is 38.6 Å². The minimum atomic E-state index is -0.596. The Morgan fingerprint density at radius 2 is 2.47 bits per heavy atom. The Balaban J connectivity index is 1.67. The number of esters is 1. The summed E-state index contributed by atoms with van der Waals surface area (Å²) in [6, 6.07) is 0. The second-order valence-electron chi connectivity index (χ2n) is 4.42. The van der Waals surface area contributed by atoms with Crippen molar-refractivity contribution >= 4 is 5.97 Å². The second kappa shape index (κ2) is 7.16. The summed E-state index contributed by atoms with van der Waals surface area (Å²) in [7, 11) is 0. The van der Waals surface area contributed by atoms with Gasteiger partial charge < -0.3 is 14.2 Å². The van der Waals surface area contributed by atoms with Gasteiger partial charge in [0.1, 0.15) is 6.61 Å². The van der Waals surface area contributed by atoms with E-state index in [1.807, 2.05) is 0 Å². The molecule has 19 heavy (non-hydrogen) atoms. The number of hydrogen-bond acceptors (Lipinski definition) is 6. The fourth-order valence-corrected chi connectivity index (χ4v) is 1.76. The largest absolute Gasteiger partial charge is 0.457 e. The summed E-state index contributed by atoms with van der Waals surface area (Å²) < 4.78 is 16.0. The predicted octanol–water partition coefficient (Wildman–Crippen LogP) is 1.10. The maximum Gasteiger partial charge on any atom is 0.335 e. The van der Waals surface area contributed by atoms with E-state index in [2.05, 4.69) is 9.97 Å². The molecule has 2 rings (SSSR count). The molecule has 0 bridgehead atoms. The first-order valence-electron chi connectivity index (χ1n) is 6.40. The van der Waals surface area contributed by atoms with E-state index in [1.54, 1.807) is 25.5 Å². The topological polar surface area (TPSA) is 70.5 Å². The fourth-order valence-electron chi connectivity index (χ4n) is 1.76. The van der Waals surface area contributed by atoms with Gasteiger partial charge in [-0.2, -0.15) is 0 Å². The van der Waals surface area contributed by atoms with Gasteiger partial charge in [-0.25, -0.2) is 4.79 Å². The van der Waals surface area contributed by atoms with Crippen LogP contribution in [0, 0.1) is 0 Å². The highest BCUT2D eigenvalue weighted by Crippen LogP contribution is 2.13. The van der Waals surface area contributed by atoms with E-state index in [1.165, 1.54) is 0 Å². The maximum absolute atomic E-state index is 11.7. The monoisotopic (exact) mass is 266 g/mol. The molecule has 0 spiro atoms. The van der Waals surface area contributed by atoms with Crippen LogP contribution in [0.5, 0.6) is 0 Å². The zero-order valence-electron chi connectivity index (χ0n) is 10.9. The van der Waals surface area contributed by atoms with E-state index in [0.29, 0.717) is 12.3 Å². The minimum Gasteiger partial charge on any atom is -0.457 e. The highest BCUT2D eigenvalue weighted by molar-refractivity contribution is 5.74. The van der Waals surface area contributed by atoms with E-state index in [4.69, 9.17) is 14.2 Å². The molecule has 1 aromatic heterocycles. The zero-order valence-corrected chi connectivity index (χ0v) is 10.9. The molecular weight excluding hydrogens is 248 g/mol. The second-order valence-corrected chi connectivity index (χ2v) is 4.42. The average molecular weight is 266 g/mol. The summed E-state index contributed by atoms with van der Waals surface area (Å²) in [4.78, 5) is 19.6. The minimum absolute atomic E-state index is 0.107. The Morgan fingerprint density at radius 3 is 3.16 bits per heavy atom. The summed E-state index contributed by atoms with van der Waals surface area (Å²) >= 11 is 0. The molecule has 1 aliphatic rings. The standard InChI is InChI=1S/C13H18N2O4/c1-10(18-9-12-3-2-6-17-12)13(16)19-8-11-7-14-4-5-15-11/h4-5,7,10,12H,2-3,6,8-9H2,1H3/t10-,12-/m1/s1. The number of carbonyl (C=O) groups excluding carboxylic acids is 1. The molecule has 0 aliphatic carbocycles. The first-order valence-corrected chi connectivity index (χ1v) is 6.40. The van der Waals surface area contributed by atoms with Crippen molar-refractivity contribution in [3.63, 3.8) is 0 Å². The van der Waals surface area contributed by atoms with Crippen molar-refractivity contribution in [3.8, 4) is 0 Å². The third-order valence-electron chi connectivity index (χ3n) is 2.87. The van der Waals surface area contributed by atoms with Gasteiger partial charge in [-0.15, -0.1) is 0 Å². The van der Waals surface area contributed by atoms with Crippen LogP contribution in [0.15, 0.2) is 18.6 Å². The lowest BCUT2D eigenvalue weighted by molar-refractivity contribution is -0.159. The van der Waals surface area contributed by atoms with Gasteiger partial charge in [0.25, 0.3) is 0 Å². The molecule has 2 atom stereocenters. The molecule has 1 fully saturated rings. The molecule has 0 N–H and O–H groups in total. The van der Waals surface area contributed by atoms with Crippen molar-refractivity contribution in [1.29, 1.82) is 0 Å². The molecule has 0 radical (unpaired) electrons. The van der Waals surface area contributed by atoms with Gasteiger partial charge >= 0.3 is 5.97 Å². The number of carbonyl (C=O) groups is 1. The zero-order chi connectivity index (χ0) is 13.5. The molecule has 1 aromatic rings. The van der Waals surface area contributed by atoms with Crippen molar-refractivity contribution < 1.29 is 19.0 Å². The molecule has 104 valence electrons. The quantitative estimate of drug-likeness (QED) is 0.718. The van der Waals surface area contributed by atoms with Crippen molar-refractivity contribution in [3.05, 3.63) is 24.3 Å². The maximum atomic E-state index is 11.7. The van der Waals surface area contributed by atoms with Crippen molar-refractivity contribution in [1.82, 2.24) is 9.97 Å². The molecule has 6 nitrogen and oxygen atoms in total. The van der Waals surface area contributed by atoms with Crippen molar-refractivity contribution in [2.75, 3.05) is 13.2 Å². The molecule has 0 unspecified atom stereocenters. The van der Waals surface area contributed by atoms with E-state index in [0.717, 1.165) is 19.4 Å². The van der Waals surface area contributed by atoms with Crippen LogP contribution in [-0.4, -0.2) is 41.4 Å². The van der Waals surface area contributed by atoms with E-state index in [-0.39, 0.29) is 12.7 Å². The Bertz CT molecular complexity index is 393. The summed E-state index contributed by atoms with van der Waals surface area (Å²) in [6.07, 6.45) is 6.24. The van der Waals surface area contributed by atoms with E-state index < -0.39 is 12.1 Å². The van der Waals surface area contributed by atoms with Crippen LogP contribution < -0.4 is 0 Å². The number of hydrogen-bond donors (Lipinski definition) is 0. The lowest BCUT2D eigenvalue weighted by Crippen LogP contribution is -2.27. The van der Waals surface area contributed by atoms with Crippen molar-refractivity contribution in [2.24, 2.45) is 0 Å². The van der Waals surface area contributed by atoms with Gasteiger partial charge in [-0.05, 0) is 19.8 Å². The molecule has 0 aromatic carbocycles. The molecule has 2 heterocycles. The van der Waals surface area contributed by atoms with Crippen LogP contribution in [0.4, 0.5) is 0 Å². The number of ether oxygens (including phenoxy) is 3. The van der Waals surface area contributed by atoms with Crippen LogP contribution in [0.1, 0.15) is 25.5 Å². The molecule has 1 aliphatic heterocycles. The van der Waals surface area contributed by atoms with Gasteiger partial charge in [0.15, 0.2) is 6.10 Å². The molecule has 1 saturated heterocycles. The predicted molar refractivity (Wildman–Crippen MR) is 66.2 cm³/mol. The first-order chi connectivity index (χ1) is 9.25. The highest BCUT2D eigenvalue weighted by atomic mass is 16.6. The molecule has 6 heteroatoms. The number of nitrogens with zero attached hydrogens (tertiary/aromatic N) is 2. The third kappa shape index (κ3) is 4.57. The van der Waals surface area contributed by atoms with Crippen LogP contribution in [0.2, 0.25) is 0 Å². The normalized spacial score (nSPS) is 20.2. The first kappa shape index (κ1) is 13.9. The Labute approximate surface area is 112 Å². The van der Waals surface area contributed by atoms with Gasteiger partial charge in [0.05, 0.1) is 24.6 Å². The SMILES string of the molecule is C[C@@H](OC[C@H]1CCCO1)C(=O)OCc1cnccn1. The number of rotatable bonds is 6. The number of aromatic nitrogens is 2. The summed E-state index contributed by atoms with van der Waals surface area (Å²) in [5, 5.41) is 0. The summed E-state index contributed by atoms with van der Waals surface area (Å²) in [5.74, 6) is -0.399. The van der Waals surface area contributed by atoms with Gasteiger partial charge in [0.2, 0.25) is 0 Å². The van der Waals surface area contributed by atoms with Crippen LogP contribution in [0.25, 0.3) is 0 Å². The van der Waals surface area contributed by atoms with Crippen LogP contribution in [0.3, 0.4) is 0 Å². The summed E-state index contributed by atoms with van der Waals surface area (Å²) in [6.45, 7) is 3.00.